The van der Waals surface area contributed by atoms with Crippen LogP contribution in [0.3, 0.4) is 0 Å². The normalized spacial score (nSPS) is 11.8. The maximum Gasteiger partial charge on any atom is 0.223 e. The molecule has 0 aliphatic heterocycles. The van der Waals surface area contributed by atoms with Crippen molar-refractivity contribution < 1.29 is 0 Å². The van der Waals surface area contributed by atoms with Crippen LogP contribution in [0.25, 0.3) is 5.69 Å². The summed E-state index contributed by atoms with van der Waals surface area (Å²) in [6, 6.07) is 14.1. The van der Waals surface area contributed by atoms with Gasteiger partial charge in [0, 0.05) is 12.4 Å². The molecule has 2 aromatic heterocycles. The molecule has 3 aromatic rings. The monoisotopic (exact) mass is 282 g/mol. The van der Waals surface area contributed by atoms with Gasteiger partial charge in [0.15, 0.2) is 0 Å². The van der Waals surface area contributed by atoms with Crippen molar-refractivity contribution in [2.24, 2.45) is 4.99 Å². The van der Waals surface area contributed by atoms with Gasteiger partial charge in [0.05, 0.1) is 12.2 Å². The van der Waals surface area contributed by atoms with Gasteiger partial charge >= 0.3 is 0 Å². The zero-order chi connectivity index (χ0) is 13.8. The van der Waals surface area contributed by atoms with Crippen molar-refractivity contribution in [3.05, 3.63) is 71.0 Å². The lowest BCUT2D eigenvalue weighted by molar-refractivity contribution is 0.956. The summed E-state index contributed by atoms with van der Waals surface area (Å²) in [5.41, 5.74) is 2.21. The zero-order valence-corrected chi connectivity index (χ0v) is 11.9. The van der Waals surface area contributed by atoms with Crippen LogP contribution in [0.15, 0.2) is 59.9 Å². The first-order chi connectivity index (χ1) is 9.83. The second-order valence-corrected chi connectivity index (χ2v) is 5.25. The number of aryl methyl sites for hydroxylation is 1. The molecule has 0 saturated carbocycles. The highest BCUT2D eigenvalue weighted by atomic mass is 32.1. The molecule has 4 nitrogen and oxygen atoms in total. The van der Waals surface area contributed by atoms with Crippen molar-refractivity contribution in [2.45, 2.75) is 13.5 Å². The molecule has 2 heterocycles. The summed E-state index contributed by atoms with van der Waals surface area (Å²) < 4.78 is 2.09. The lowest BCUT2D eigenvalue weighted by Crippen LogP contribution is -1.99. The highest BCUT2D eigenvalue weighted by Crippen LogP contribution is 2.10. The molecule has 3 rings (SSSR count). The van der Waals surface area contributed by atoms with E-state index in [1.807, 2.05) is 43.5 Å². The molecule has 1 aromatic carbocycles. The van der Waals surface area contributed by atoms with Gasteiger partial charge in [-0.05, 0) is 42.2 Å². The van der Waals surface area contributed by atoms with Gasteiger partial charge in [0.2, 0.25) is 4.80 Å². The van der Waals surface area contributed by atoms with Crippen molar-refractivity contribution in [1.82, 2.24) is 13.9 Å². The summed E-state index contributed by atoms with van der Waals surface area (Å²) in [7, 11) is 0. The van der Waals surface area contributed by atoms with Crippen LogP contribution in [0.2, 0.25) is 0 Å². The first-order valence-electron chi connectivity index (χ1n) is 6.35. The number of hydrogen-bond acceptors (Lipinski definition) is 4. The maximum absolute atomic E-state index is 4.53. The molecule has 0 atom stereocenters. The average Bonchev–Trinajstić information content (AvgIpc) is 2.88. The van der Waals surface area contributed by atoms with Crippen LogP contribution in [-0.2, 0) is 6.54 Å². The van der Waals surface area contributed by atoms with E-state index >= 15 is 0 Å². The molecule has 0 radical (unpaired) electrons. The molecular weight excluding hydrogens is 268 g/mol. The minimum absolute atomic E-state index is 0.607. The van der Waals surface area contributed by atoms with Crippen molar-refractivity contribution in [1.29, 1.82) is 0 Å². The third-order valence-corrected chi connectivity index (χ3v) is 3.88. The second kappa shape index (κ2) is 5.79. The highest BCUT2D eigenvalue weighted by Gasteiger charge is 2.03. The van der Waals surface area contributed by atoms with E-state index in [1.54, 1.807) is 17.7 Å². The summed E-state index contributed by atoms with van der Waals surface area (Å²) in [6.07, 6.45) is 3.59. The standard InChI is InChI=1S/C15H14N4S/c1-12-18-15(17-11-13-6-5-9-16-10-13)20-19(12)14-7-3-2-4-8-14/h2-10H,11H2,1H3. The number of benzene rings is 1. The molecule has 5 heteroatoms. The Morgan fingerprint density at radius 2 is 2.00 bits per heavy atom. The van der Waals surface area contributed by atoms with E-state index in [-0.39, 0.29) is 0 Å². The van der Waals surface area contributed by atoms with Crippen LogP contribution >= 0.6 is 11.5 Å². The Kier molecular flexibility index (Phi) is 3.69. The molecule has 0 spiro atoms. The summed E-state index contributed by atoms with van der Waals surface area (Å²) >= 11 is 1.55. The largest absolute Gasteiger partial charge is 0.264 e. The molecule has 0 bridgehead atoms. The Morgan fingerprint density at radius 3 is 2.75 bits per heavy atom. The molecule has 0 aliphatic carbocycles. The fourth-order valence-corrected chi connectivity index (χ4v) is 2.73. The molecule has 20 heavy (non-hydrogen) atoms. The number of aromatic nitrogens is 3. The summed E-state index contributed by atoms with van der Waals surface area (Å²) in [4.78, 5) is 13.9. The number of hydrogen-bond donors (Lipinski definition) is 0. The van der Waals surface area contributed by atoms with Gasteiger partial charge in [0.25, 0.3) is 0 Å². The Bertz CT molecular complexity index is 744. The topological polar surface area (TPSA) is 43.1 Å². The van der Waals surface area contributed by atoms with E-state index in [0.717, 1.165) is 21.9 Å². The van der Waals surface area contributed by atoms with Gasteiger partial charge in [-0.1, -0.05) is 24.3 Å². The molecule has 0 amide bonds. The molecule has 0 unspecified atom stereocenters. The van der Waals surface area contributed by atoms with Crippen LogP contribution in [0.4, 0.5) is 0 Å². The minimum Gasteiger partial charge on any atom is -0.264 e. The van der Waals surface area contributed by atoms with E-state index in [1.165, 1.54) is 0 Å². The van der Waals surface area contributed by atoms with Gasteiger partial charge in [0.1, 0.15) is 5.82 Å². The number of para-hydroxylation sites is 1. The molecule has 0 aliphatic rings. The zero-order valence-electron chi connectivity index (χ0n) is 11.1. The van der Waals surface area contributed by atoms with Crippen molar-refractivity contribution in [3.63, 3.8) is 0 Å². The molecule has 100 valence electrons. The average molecular weight is 282 g/mol. The lowest BCUT2D eigenvalue weighted by atomic mass is 10.3. The van der Waals surface area contributed by atoms with Crippen molar-refractivity contribution in [2.75, 3.05) is 0 Å². The predicted octanol–water partition coefficient (Wildman–Crippen LogP) is 2.74. The fourth-order valence-electron chi connectivity index (χ4n) is 1.87. The summed E-state index contributed by atoms with van der Waals surface area (Å²) in [6.45, 7) is 2.60. The van der Waals surface area contributed by atoms with Crippen LogP contribution < -0.4 is 4.80 Å². The smallest absolute Gasteiger partial charge is 0.223 e. The Balaban J connectivity index is 1.89. The van der Waals surface area contributed by atoms with Gasteiger partial charge in [-0.15, -0.1) is 0 Å². The molecule has 0 saturated heterocycles. The second-order valence-electron chi connectivity index (χ2n) is 4.34. The quantitative estimate of drug-likeness (QED) is 0.741. The Hall–Kier alpha value is -2.27. The third-order valence-electron chi connectivity index (χ3n) is 2.83. The van der Waals surface area contributed by atoms with Crippen LogP contribution in [0.1, 0.15) is 11.4 Å². The maximum atomic E-state index is 4.53. The van der Waals surface area contributed by atoms with Gasteiger partial charge < -0.3 is 0 Å². The van der Waals surface area contributed by atoms with Crippen LogP contribution in [0.5, 0.6) is 0 Å². The highest BCUT2D eigenvalue weighted by molar-refractivity contribution is 7.03. The first-order valence-corrected chi connectivity index (χ1v) is 7.12. The summed E-state index contributed by atoms with van der Waals surface area (Å²) in [5, 5.41) is 0. The number of nitrogens with zero attached hydrogens (tertiary/aromatic N) is 4. The number of pyridine rings is 1. The van der Waals surface area contributed by atoms with Crippen LogP contribution in [-0.4, -0.2) is 13.9 Å². The molecule has 0 N–H and O–H groups in total. The van der Waals surface area contributed by atoms with E-state index in [4.69, 9.17) is 0 Å². The Labute approximate surface area is 121 Å². The summed E-state index contributed by atoms with van der Waals surface area (Å²) in [5.74, 6) is 0.950. The van der Waals surface area contributed by atoms with Crippen LogP contribution in [0, 0.1) is 6.92 Å². The van der Waals surface area contributed by atoms with E-state index in [0.29, 0.717) is 6.54 Å². The Morgan fingerprint density at radius 1 is 1.15 bits per heavy atom. The fraction of sp³-hybridized carbons (Fsp3) is 0.133. The van der Waals surface area contributed by atoms with Crippen molar-refractivity contribution in [3.8, 4) is 5.69 Å². The SMILES string of the molecule is Cc1nc(=NCc2cccnc2)sn1-c1ccccc1. The lowest BCUT2D eigenvalue weighted by Gasteiger charge is -2.00. The predicted molar refractivity (Wildman–Crippen MR) is 79.7 cm³/mol. The van der Waals surface area contributed by atoms with Gasteiger partial charge in [-0.2, -0.15) is 0 Å². The van der Waals surface area contributed by atoms with Gasteiger partial charge in [-0.25, -0.2) is 4.98 Å². The van der Waals surface area contributed by atoms with E-state index < -0.39 is 0 Å². The van der Waals surface area contributed by atoms with Crippen molar-refractivity contribution >= 4 is 11.5 Å². The first kappa shape index (κ1) is 12.7. The minimum atomic E-state index is 0.607. The number of rotatable bonds is 3. The van der Waals surface area contributed by atoms with E-state index in [2.05, 4.69) is 31.0 Å². The third kappa shape index (κ3) is 2.83. The van der Waals surface area contributed by atoms with E-state index in [9.17, 15) is 0 Å². The molecular formula is C15H14N4S. The molecule has 0 fully saturated rings. The van der Waals surface area contributed by atoms with Gasteiger partial charge in [-0.3, -0.25) is 13.9 Å².